The quantitative estimate of drug-likeness (QED) is 0.208. The molecule has 294 valence electrons. The molecule has 0 bridgehead atoms. The number of aliphatic hydroxyl groups is 1. The molecule has 5 rings (SSSR count). The summed E-state index contributed by atoms with van der Waals surface area (Å²) in [4.78, 5) is 30.3. The average molecular weight is 709 g/mol. The molecule has 1 aliphatic heterocycles. The number of primary amides is 1. The lowest BCUT2D eigenvalue weighted by molar-refractivity contribution is -0.145. The zero-order valence-corrected chi connectivity index (χ0v) is 33.7. The SMILES string of the molecule is CC1CCCC(C)(C)C1.CCC1CON(CC2CCCC(C3CC(C(=O)NCCC4CCCCC4)CC(N(C)C)C3)C2OC)C1.CO.NC=O. The van der Waals surface area contributed by atoms with Crippen molar-refractivity contribution in [3.05, 3.63) is 0 Å². The molecule has 1 saturated heterocycles. The Morgan fingerprint density at radius 1 is 1.02 bits per heavy atom. The van der Waals surface area contributed by atoms with E-state index in [0.29, 0.717) is 41.0 Å². The van der Waals surface area contributed by atoms with Crippen molar-refractivity contribution in [2.24, 2.45) is 52.6 Å². The van der Waals surface area contributed by atoms with E-state index in [2.05, 4.69) is 62.8 Å². The van der Waals surface area contributed by atoms with Crippen LogP contribution in [0.15, 0.2) is 0 Å². The second-order valence-corrected chi connectivity index (χ2v) is 17.3. The van der Waals surface area contributed by atoms with Gasteiger partial charge in [0, 0.05) is 51.7 Å². The molecular formula is C41H80N4O5. The first kappa shape index (κ1) is 44.9. The maximum atomic E-state index is 13.4. The summed E-state index contributed by atoms with van der Waals surface area (Å²) in [7, 11) is 7.30. The summed E-state index contributed by atoms with van der Waals surface area (Å²) in [6.45, 7) is 13.2. The Balaban J connectivity index is 0.000000522. The van der Waals surface area contributed by atoms with E-state index in [1.165, 1.54) is 89.9 Å². The fourth-order valence-corrected chi connectivity index (χ4v) is 10.0. The monoisotopic (exact) mass is 709 g/mol. The second kappa shape index (κ2) is 24.1. The molecule has 9 heteroatoms. The smallest absolute Gasteiger partial charge is 0.223 e. The van der Waals surface area contributed by atoms with Gasteiger partial charge in [-0.25, -0.2) is 0 Å². The summed E-state index contributed by atoms with van der Waals surface area (Å²) in [5.41, 5.74) is 4.82. The van der Waals surface area contributed by atoms with Crippen LogP contribution in [-0.2, 0) is 19.2 Å². The van der Waals surface area contributed by atoms with Gasteiger partial charge in [-0.1, -0.05) is 79.1 Å². The first-order valence-electron chi connectivity index (χ1n) is 20.4. The minimum atomic E-state index is 0.132. The maximum absolute atomic E-state index is 13.4. The third-order valence-electron chi connectivity index (χ3n) is 12.7. The zero-order valence-electron chi connectivity index (χ0n) is 33.7. The number of rotatable bonds is 10. The summed E-state index contributed by atoms with van der Waals surface area (Å²) in [6.07, 6.45) is 22.4. The van der Waals surface area contributed by atoms with Gasteiger partial charge in [0.1, 0.15) is 0 Å². The average Bonchev–Trinajstić information content (AvgIpc) is 3.57. The van der Waals surface area contributed by atoms with Crippen molar-refractivity contribution in [2.75, 3.05) is 54.6 Å². The Kier molecular flexibility index (Phi) is 21.7. The lowest BCUT2D eigenvalue weighted by Crippen LogP contribution is -2.49. The van der Waals surface area contributed by atoms with E-state index in [-0.39, 0.29) is 18.4 Å². The number of aliphatic hydroxyl groups excluding tert-OH is 1. The van der Waals surface area contributed by atoms with E-state index in [1.807, 2.05) is 7.11 Å². The molecule has 50 heavy (non-hydrogen) atoms. The Bertz CT molecular complexity index is 913. The Hall–Kier alpha value is -1.26. The topological polar surface area (TPSA) is 117 Å². The van der Waals surface area contributed by atoms with Crippen LogP contribution in [0.5, 0.6) is 0 Å². The molecule has 0 aromatic carbocycles. The van der Waals surface area contributed by atoms with Gasteiger partial charge in [0.05, 0.1) is 12.7 Å². The number of carbonyl (C=O) groups is 2. The molecule has 1 heterocycles. The number of carbonyl (C=O) groups excluding carboxylic acids is 2. The van der Waals surface area contributed by atoms with Crippen molar-refractivity contribution >= 4 is 12.3 Å². The van der Waals surface area contributed by atoms with Crippen LogP contribution in [0.25, 0.3) is 0 Å². The fraction of sp³-hybridized carbons (Fsp3) is 0.951. The van der Waals surface area contributed by atoms with E-state index in [4.69, 9.17) is 19.5 Å². The number of methoxy groups -OCH3 is 1. The van der Waals surface area contributed by atoms with Crippen LogP contribution >= 0.6 is 0 Å². The molecule has 2 amide bonds. The fourth-order valence-electron chi connectivity index (χ4n) is 10.0. The molecule has 8 atom stereocenters. The number of nitrogens with two attached hydrogens (primary N) is 1. The van der Waals surface area contributed by atoms with Crippen LogP contribution in [0.2, 0.25) is 0 Å². The molecule has 4 N–H and O–H groups in total. The minimum Gasteiger partial charge on any atom is -0.400 e. The van der Waals surface area contributed by atoms with Gasteiger partial charge in [0.25, 0.3) is 0 Å². The van der Waals surface area contributed by atoms with Gasteiger partial charge < -0.3 is 25.8 Å². The van der Waals surface area contributed by atoms with Crippen molar-refractivity contribution in [3.8, 4) is 0 Å². The van der Waals surface area contributed by atoms with Gasteiger partial charge in [0.15, 0.2) is 0 Å². The Morgan fingerprint density at radius 3 is 2.28 bits per heavy atom. The molecule has 0 aromatic heterocycles. The van der Waals surface area contributed by atoms with Crippen molar-refractivity contribution in [2.45, 2.75) is 149 Å². The van der Waals surface area contributed by atoms with Crippen LogP contribution < -0.4 is 11.1 Å². The van der Waals surface area contributed by atoms with Crippen molar-refractivity contribution in [1.29, 1.82) is 0 Å². The largest absolute Gasteiger partial charge is 0.400 e. The first-order valence-corrected chi connectivity index (χ1v) is 20.4. The first-order chi connectivity index (χ1) is 24.0. The van der Waals surface area contributed by atoms with Crippen molar-refractivity contribution in [3.63, 3.8) is 0 Å². The van der Waals surface area contributed by atoms with E-state index in [0.717, 1.165) is 64.4 Å². The van der Waals surface area contributed by atoms with Crippen LogP contribution in [0.1, 0.15) is 137 Å². The normalized spacial score (nSPS) is 33.1. The summed E-state index contributed by atoms with van der Waals surface area (Å²) in [5.74, 6) is 4.52. The highest BCUT2D eigenvalue weighted by molar-refractivity contribution is 5.78. The number of nitrogens with one attached hydrogen (secondary N) is 1. The molecular weight excluding hydrogens is 628 g/mol. The number of hydrogen-bond acceptors (Lipinski definition) is 7. The number of nitrogens with zero attached hydrogens (tertiary/aromatic N) is 2. The Labute approximate surface area is 307 Å². The number of hydroxylamine groups is 2. The summed E-state index contributed by atoms with van der Waals surface area (Å²) in [5, 5.41) is 12.6. The van der Waals surface area contributed by atoms with E-state index in [1.54, 1.807) is 0 Å². The van der Waals surface area contributed by atoms with Gasteiger partial charge in [-0.05, 0) is 107 Å². The molecule has 0 aromatic rings. The van der Waals surface area contributed by atoms with E-state index >= 15 is 0 Å². The molecule has 0 spiro atoms. The third kappa shape index (κ3) is 15.4. The lowest BCUT2D eigenvalue weighted by Gasteiger charge is -2.46. The van der Waals surface area contributed by atoms with Crippen LogP contribution in [-0.4, -0.2) is 94.1 Å². The summed E-state index contributed by atoms with van der Waals surface area (Å²) >= 11 is 0. The molecule has 0 radical (unpaired) electrons. The zero-order chi connectivity index (χ0) is 37.1. The van der Waals surface area contributed by atoms with E-state index in [9.17, 15) is 4.79 Å². The van der Waals surface area contributed by atoms with Gasteiger partial charge in [-0.3, -0.25) is 14.4 Å². The predicted molar refractivity (Wildman–Crippen MR) is 205 cm³/mol. The molecule has 5 fully saturated rings. The summed E-state index contributed by atoms with van der Waals surface area (Å²) in [6, 6.07) is 0.475. The molecule has 4 saturated carbocycles. The highest BCUT2D eigenvalue weighted by atomic mass is 16.7. The lowest BCUT2D eigenvalue weighted by atomic mass is 9.65. The van der Waals surface area contributed by atoms with Crippen LogP contribution in [0.4, 0.5) is 0 Å². The third-order valence-corrected chi connectivity index (χ3v) is 12.7. The van der Waals surface area contributed by atoms with Gasteiger partial charge >= 0.3 is 0 Å². The van der Waals surface area contributed by atoms with Gasteiger partial charge in [-0.2, -0.15) is 5.06 Å². The summed E-state index contributed by atoms with van der Waals surface area (Å²) < 4.78 is 6.26. The number of ether oxygens (including phenoxy) is 1. The minimum absolute atomic E-state index is 0.132. The standard InChI is InChI=1S/C30H55N3O3.C9H18.CH3NO.CH4O/c1-5-22-19-33(36-21-22)20-24-12-9-13-28(29(24)35-4)25-16-26(18-27(17-25)32(2)3)30(34)31-15-14-23-10-7-6-8-11-23;1-8-5-4-6-9(2,3)7-8;2-1-3;1-2/h22-29H,5-21H2,1-4H3,(H,31,34);8H,4-7H2,1-3H3;1H,(H2,2,3);2H,1H3. The van der Waals surface area contributed by atoms with Crippen molar-refractivity contribution in [1.82, 2.24) is 15.3 Å². The van der Waals surface area contributed by atoms with Gasteiger partial charge in [-0.15, -0.1) is 0 Å². The Morgan fingerprint density at radius 2 is 1.72 bits per heavy atom. The van der Waals surface area contributed by atoms with Gasteiger partial charge in [0.2, 0.25) is 12.3 Å². The van der Waals surface area contributed by atoms with E-state index < -0.39 is 0 Å². The van der Waals surface area contributed by atoms with Crippen molar-refractivity contribution < 1.29 is 24.3 Å². The predicted octanol–water partition coefficient (Wildman–Crippen LogP) is 7.06. The van der Waals surface area contributed by atoms with Crippen LogP contribution in [0, 0.1) is 46.8 Å². The second-order valence-electron chi connectivity index (χ2n) is 17.3. The highest BCUT2D eigenvalue weighted by Gasteiger charge is 2.44. The molecule has 9 nitrogen and oxygen atoms in total. The molecule has 5 aliphatic rings. The maximum Gasteiger partial charge on any atom is 0.223 e. The molecule has 8 unspecified atom stereocenters. The number of amides is 2. The highest BCUT2D eigenvalue weighted by Crippen LogP contribution is 2.44. The molecule has 4 aliphatic carbocycles. The number of hydrogen-bond donors (Lipinski definition) is 3. The van der Waals surface area contributed by atoms with Crippen LogP contribution in [0.3, 0.4) is 0 Å².